The Balaban J connectivity index is 1.67. The van der Waals surface area contributed by atoms with Crippen LogP contribution in [0.25, 0.3) is 11.1 Å². The van der Waals surface area contributed by atoms with Gasteiger partial charge in [0.2, 0.25) is 0 Å². The Morgan fingerprint density at radius 3 is 2.92 bits per heavy atom. The van der Waals surface area contributed by atoms with Crippen molar-refractivity contribution in [1.82, 2.24) is 14.3 Å². The van der Waals surface area contributed by atoms with Crippen LogP contribution < -0.4 is 5.32 Å². The van der Waals surface area contributed by atoms with Gasteiger partial charge < -0.3 is 14.3 Å². The molecule has 1 aliphatic carbocycles. The number of rotatable bonds is 5. The van der Waals surface area contributed by atoms with Gasteiger partial charge in [-0.15, -0.1) is 6.58 Å². The summed E-state index contributed by atoms with van der Waals surface area (Å²) in [6.45, 7) is 6.27. The van der Waals surface area contributed by atoms with Crippen molar-refractivity contribution in [2.24, 2.45) is 0 Å². The van der Waals surface area contributed by atoms with Gasteiger partial charge >= 0.3 is 0 Å². The lowest BCUT2D eigenvalue weighted by molar-refractivity contribution is 0.101. The zero-order valence-electron chi connectivity index (χ0n) is 14.7. The summed E-state index contributed by atoms with van der Waals surface area (Å²) in [7, 11) is 0. The minimum absolute atomic E-state index is 0.173. The van der Waals surface area contributed by atoms with E-state index in [0.29, 0.717) is 28.5 Å². The topological polar surface area (TPSA) is 65.0 Å². The monoisotopic (exact) mass is 416 g/mol. The molecule has 136 valence electrons. The maximum absolute atomic E-state index is 13.0. The molecule has 0 unspecified atom stereocenters. The fraction of sp³-hybridized carbons (Fsp3) is 0.368. The molecule has 0 aromatic carbocycles. The first-order chi connectivity index (χ1) is 12.6. The number of nitrogens with one attached hydrogen (secondary N) is 1. The summed E-state index contributed by atoms with van der Waals surface area (Å²) in [5.41, 5.74) is 2.99. The number of furan rings is 1. The minimum Gasteiger partial charge on any atom is -0.448 e. The van der Waals surface area contributed by atoms with Gasteiger partial charge in [-0.1, -0.05) is 18.9 Å². The first-order valence-electron chi connectivity index (χ1n) is 8.84. The molecule has 3 aromatic heterocycles. The Bertz CT molecular complexity index is 975. The molecule has 7 heteroatoms. The molecule has 26 heavy (non-hydrogen) atoms. The fourth-order valence-corrected chi connectivity index (χ4v) is 4.13. The average molecular weight is 417 g/mol. The molecule has 1 saturated carbocycles. The first kappa shape index (κ1) is 17.1. The maximum Gasteiger partial charge on any atom is 0.273 e. The van der Waals surface area contributed by atoms with Crippen LogP contribution in [-0.4, -0.2) is 20.3 Å². The number of allylic oxidation sites excluding steroid dienone is 1. The Kier molecular flexibility index (Phi) is 4.48. The van der Waals surface area contributed by atoms with Crippen molar-refractivity contribution in [3.63, 3.8) is 0 Å². The van der Waals surface area contributed by atoms with Crippen LogP contribution in [0.3, 0.4) is 0 Å². The molecule has 0 bridgehead atoms. The third-order valence-electron chi connectivity index (χ3n) is 4.87. The average Bonchev–Trinajstić information content (AvgIpc) is 3.33. The van der Waals surface area contributed by atoms with Crippen molar-refractivity contribution in [1.29, 1.82) is 0 Å². The summed E-state index contributed by atoms with van der Waals surface area (Å²) in [6, 6.07) is 5.92. The Morgan fingerprint density at radius 2 is 2.19 bits per heavy atom. The van der Waals surface area contributed by atoms with E-state index in [4.69, 9.17) is 4.42 Å². The lowest BCUT2D eigenvalue weighted by atomic mass is 10.2. The summed E-state index contributed by atoms with van der Waals surface area (Å²) in [6.07, 6.45) is 6.41. The molecular formula is C19H21BrN4O2. The van der Waals surface area contributed by atoms with E-state index < -0.39 is 0 Å². The van der Waals surface area contributed by atoms with Crippen LogP contribution in [0.5, 0.6) is 0 Å². The number of amides is 1. The molecule has 1 fully saturated rings. The van der Waals surface area contributed by atoms with Crippen LogP contribution in [-0.2, 0) is 6.54 Å². The van der Waals surface area contributed by atoms with E-state index in [2.05, 4.69) is 32.9 Å². The van der Waals surface area contributed by atoms with E-state index in [1.807, 2.05) is 28.3 Å². The number of carbonyl (C=O) groups is 1. The van der Waals surface area contributed by atoms with Crippen LogP contribution in [0.15, 0.2) is 39.9 Å². The molecule has 3 aromatic rings. The second-order valence-corrected chi connectivity index (χ2v) is 7.52. The Morgan fingerprint density at radius 1 is 1.42 bits per heavy atom. The highest BCUT2D eigenvalue weighted by Crippen LogP contribution is 2.32. The zero-order chi connectivity index (χ0) is 18.3. The molecule has 1 N–H and O–H groups in total. The number of hydrogen-bond donors (Lipinski definition) is 1. The molecule has 0 saturated heterocycles. The van der Waals surface area contributed by atoms with Gasteiger partial charge in [0.05, 0.1) is 17.3 Å². The number of fused-ring (bicyclic) bond motifs is 1. The van der Waals surface area contributed by atoms with Crippen molar-refractivity contribution in [2.75, 3.05) is 5.32 Å². The number of carbonyl (C=O) groups excluding carboxylic acids is 1. The largest absolute Gasteiger partial charge is 0.448 e. The zero-order valence-corrected chi connectivity index (χ0v) is 16.3. The second kappa shape index (κ2) is 6.79. The third-order valence-corrected chi connectivity index (χ3v) is 5.26. The van der Waals surface area contributed by atoms with Crippen LogP contribution in [0.4, 0.5) is 5.82 Å². The van der Waals surface area contributed by atoms with Gasteiger partial charge in [0.25, 0.3) is 5.91 Å². The van der Waals surface area contributed by atoms with Gasteiger partial charge in [0, 0.05) is 24.7 Å². The Labute approximate surface area is 160 Å². The van der Waals surface area contributed by atoms with E-state index in [-0.39, 0.29) is 5.91 Å². The van der Waals surface area contributed by atoms with E-state index >= 15 is 0 Å². The van der Waals surface area contributed by atoms with Crippen LogP contribution >= 0.6 is 15.9 Å². The lowest BCUT2D eigenvalue weighted by Gasteiger charge is -2.15. The smallest absolute Gasteiger partial charge is 0.273 e. The third kappa shape index (κ3) is 3.00. The summed E-state index contributed by atoms with van der Waals surface area (Å²) < 4.78 is 10.1. The SMILES string of the molecule is C=CCn1c(C(=O)Nc2cc(C)nn2C2CCCC2)cc2oc(Br)cc21. The summed E-state index contributed by atoms with van der Waals surface area (Å²) in [5, 5.41) is 7.64. The van der Waals surface area contributed by atoms with Crippen molar-refractivity contribution < 1.29 is 9.21 Å². The quantitative estimate of drug-likeness (QED) is 0.591. The predicted octanol–water partition coefficient (Wildman–Crippen LogP) is 5.06. The lowest BCUT2D eigenvalue weighted by Crippen LogP contribution is -2.20. The van der Waals surface area contributed by atoms with Gasteiger partial charge in [-0.25, -0.2) is 4.68 Å². The Hall–Kier alpha value is -2.28. The maximum atomic E-state index is 13.0. The fourth-order valence-electron chi connectivity index (χ4n) is 3.74. The number of hydrogen-bond acceptors (Lipinski definition) is 3. The number of aryl methyl sites for hydroxylation is 1. The van der Waals surface area contributed by atoms with Crippen molar-refractivity contribution in [3.05, 3.63) is 46.9 Å². The number of halogens is 1. The molecule has 1 amide bonds. The molecule has 6 nitrogen and oxygen atoms in total. The van der Waals surface area contributed by atoms with E-state index in [1.54, 1.807) is 12.1 Å². The van der Waals surface area contributed by atoms with Crippen molar-refractivity contribution in [3.8, 4) is 0 Å². The van der Waals surface area contributed by atoms with E-state index in [9.17, 15) is 4.79 Å². The summed E-state index contributed by atoms with van der Waals surface area (Å²) >= 11 is 3.34. The first-order valence-corrected chi connectivity index (χ1v) is 9.63. The summed E-state index contributed by atoms with van der Waals surface area (Å²) in [4.78, 5) is 13.0. The van der Waals surface area contributed by atoms with Gasteiger partial charge in [-0.05, 0) is 35.7 Å². The molecule has 0 spiro atoms. The van der Waals surface area contributed by atoms with Gasteiger partial charge in [0.1, 0.15) is 11.5 Å². The van der Waals surface area contributed by atoms with Gasteiger partial charge in [-0.2, -0.15) is 5.10 Å². The molecule has 4 rings (SSSR count). The van der Waals surface area contributed by atoms with E-state index in [1.165, 1.54) is 12.8 Å². The number of nitrogens with zero attached hydrogens (tertiary/aromatic N) is 3. The number of anilines is 1. The molecule has 0 atom stereocenters. The molecule has 3 heterocycles. The minimum atomic E-state index is -0.173. The van der Waals surface area contributed by atoms with Gasteiger partial charge in [0.15, 0.2) is 10.3 Å². The molecular weight excluding hydrogens is 396 g/mol. The normalized spacial score (nSPS) is 15.0. The van der Waals surface area contributed by atoms with Crippen LogP contribution in [0.1, 0.15) is 47.9 Å². The summed E-state index contributed by atoms with van der Waals surface area (Å²) in [5.74, 6) is 0.581. The van der Waals surface area contributed by atoms with Gasteiger partial charge in [-0.3, -0.25) is 4.79 Å². The van der Waals surface area contributed by atoms with Crippen LogP contribution in [0, 0.1) is 6.92 Å². The molecule has 1 aliphatic rings. The second-order valence-electron chi connectivity index (χ2n) is 6.74. The standard InChI is InChI=1S/C19H21BrN4O2/c1-3-8-23-14-11-17(20)26-16(14)10-15(23)19(25)21-18-9-12(2)22-24(18)13-6-4-5-7-13/h3,9-11,13H,1,4-8H2,2H3,(H,21,25). The van der Waals surface area contributed by atoms with Crippen molar-refractivity contribution >= 4 is 38.8 Å². The van der Waals surface area contributed by atoms with E-state index in [0.717, 1.165) is 29.9 Å². The molecule has 0 radical (unpaired) electrons. The highest BCUT2D eigenvalue weighted by Gasteiger charge is 2.23. The van der Waals surface area contributed by atoms with Crippen LogP contribution in [0.2, 0.25) is 0 Å². The predicted molar refractivity (Wildman–Crippen MR) is 105 cm³/mol. The van der Waals surface area contributed by atoms with Crippen molar-refractivity contribution in [2.45, 2.75) is 45.2 Å². The molecule has 0 aliphatic heterocycles. The highest BCUT2D eigenvalue weighted by molar-refractivity contribution is 9.10. The number of aromatic nitrogens is 3. The highest BCUT2D eigenvalue weighted by atomic mass is 79.9.